The van der Waals surface area contributed by atoms with Crippen LogP contribution in [-0.4, -0.2) is 26.0 Å². The molecule has 0 bridgehead atoms. The summed E-state index contributed by atoms with van der Waals surface area (Å²) < 4.78 is 5.38. The first-order valence-corrected chi connectivity index (χ1v) is 9.46. The van der Waals surface area contributed by atoms with Gasteiger partial charge in [-0.15, -0.1) is 11.8 Å². The molecule has 3 rings (SSSR count). The van der Waals surface area contributed by atoms with Crippen LogP contribution in [-0.2, 0) is 12.2 Å². The van der Waals surface area contributed by atoms with Crippen molar-refractivity contribution in [2.75, 3.05) is 20.2 Å². The van der Waals surface area contributed by atoms with Crippen LogP contribution < -0.4 is 10.1 Å². The number of thioether (sulfide) groups is 1. The average molecular weight is 340 g/mol. The molecular formula is C20H24N2OS. The van der Waals surface area contributed by atoms with Gasteiger partial charge in [0.1, 0.15) is 11.6 Å². The molecule has 24 heavy (non-hydrogen) atoms. The Hall–Kier alpha value is -1.94. The Morgan fingerprint density at radius 2 is 2.04 bits per heavy atom. The molecule has 0 atom stereocenters. The van der Waals surface area contributed by atoms with Gasteiger partial charge in [-0.1, -0.05) is 37.3 Å². The van der Waals surface area contributed by atoms with Gasteiger partial charge in [0.25, 0.3) is 0 Å². The molecule has 0 saturated carbocycles. The number of nitrogens with zero attached hydrogens (tertiary/aromatic N) is 1. The second kappa shape index (κ2) is 8.25. The normalized spacial score (nSPS) is 14.0. The first-order chi connectivity index (χ1) is 11.8. The van der Waals surface area contributed by atoms with Gasteiger partial charge in [-0.3, -0.25) is 4.99 Å². The molecule has 0 aromatic heterocycles. The highest BCUT2D eigenvalue weighted by Crippen LogP contribution is 2.31. The Labute approximate surface area is 148 Å². The first kappa shape index (κ1) is 16.9. The van der Waals surface area contributed by atoms with Gasteiger partial charge in [0.05, 0.1) is 7.11 Å². The van der Waals surface area contributed by atoms with E-state index in [0.717, 1.165) is 43.3 Å². The lowest BCUT2D eigenvalue weighted by molar-refractivity contribution is 0.413. The van der Waals surface area contributed by atoms with Crippen LogP contribution in [0.5, 0.6) is 5.75 Å². The first-order valence-electron chi connectivity index (χ1n) is 8.48. The summed E-state index contributed by atoms with van der Waals surface area (Å²) in [5, 5.41) is 3.44. The third-order valence-electron chi connectivity index (χ3n) is 4.21. The molecule has 0 amide bonds. The van der Waals surface area contributed by atoms with Crippen molar-refractivity contribution in [3.63, 3.8) is 0 Å². The van der Waals surface area contributed by atoms with Crippen LogP contribution >= 0.6 is 11.8 Å². The zero-order valence-corrected chi connectivity index (χ0v) is 15.2. The van der Waals surface area contributed by atoms with Crippen LogP contribution in [0.25, 0.3) is 0 Å². The van der Waals surface area contributed by atoms with Crippen molar-refractivity contribution in [2.45, 2.75) is 30.4 Å². The van der Waals surface area contributed by atoms with E-state index < -0.39 is 0 Å². The summed E-state index contributed by atoms with van der Waals surface area (Å²) >= 11 is 1.87. The number of aryl methyl sites for hydroxylation is 1. The predicted molar refractivity (Wildman–Crippen MR) is 102 cm³/mol. The molecule has 0 radical (unpaired) electrons. The Bertz CT molecular complexity index is 727. The lowest BCUT2D eigenvalue weighted by Gasteiger charge is -2.18. The van der Waals surface area contributed by atoms with Crippen LogP contribution in [0, 0.1) is 0 Å². The van der Waals surface area contributed by atoms with E-state index in [-0.39, 0.29) is 0 Å². The van der Waals surface area contributed by atoms with Gasteiger partial charge in [-0.2, -0.15) is 0 Å². The Morgan fingerprint density at radius 1 is 1.17 bits per heavy atom. The number of ether oxygens (including phenoxy) is 1. The zero-order chi connectivity index (χ0) is 16.8. The fraction of sp³-hybridized carbons (Fsp3) is 0.350. The van der Waals surface area contributed by atoms with Gasteiger partial charge in [0.15, 0.2) is 0 Å². The molecule has 1 aliphatic rings. The lowest BCUT2D eigenvalue weighted by atomic mass is 10.1. The number of hydrogen-bond acceptors (Lipinski definition) is 4. The number of nitrogens with one attached hydrogen (secondary N) is 1. The monoisotopic (exact) mass is 340 g/mol. The summed E-state index contributed by atoms with van der Waals surface area (Å²) in [5.41, 5.74) is 3.91. The van der Waals surface area contributed by atoms with Crippen molar-refractivity contribution in [3.8, 4) is 5.75 Å². The van der Waals surface area contributed by atoms with E-state index in [4.69, 9.17) is 4.74 Å². The highest BCUT2D eigenvalue weighted by molar-refractivity contribution is 7.98. The van der Waals surface area contributed by atoms with E-state index in [2.05, 4.69) is 53.6 Å². The molecule has 2 aromatic rings. The molecule has 0 unspecified atom stereocenters. The number of methoxy groups -OCH3 is 1. The van der Waals surface area contributed by atoms with E-state index in [1.54, 1.807) is 7.11 Å². The third kappa shape index (κ3) is 3.93. The molecule has 0 fully saturated rings. The van der Waals surface area contributed by atoms with Crippen molar-refractivity contribution in [1.29, 1.82) is 0 Å². The van der Waals surface area contributed by atoms with E-state index in [1.807, 2.05) is 17.8 Å². The maximum atomic E-state index is 5.38. The van der Waals surface area contributed by atoms with Crippen molar-refractivity contribution in [2.24, 2.45) is 4.99 Å². The zero-order valence-electron chi connectivity index (χ0n) is 14.3. The van der Waals surface area contributed by atoms with Gasteiger partial charge < -0.3 is 10.1 Å². The molecule has 2 aromatic carbocycles. The topological polar surface area (TPSA) is 33.6 Å². The predicted octanol–water partition coefficient (Wildman–Crippen LogP) is 4.29. The largest absolute Gasteiger partial charge is 0.497 e. The maximum absolute atomic E-state index is 5.38. The van der Waals surface area contributed by atoms with E-state index in [9.17, 15) is 0 Å². The van der Waals surface area contributed by atoms with Crippen molar-refractivity contribution in [3.05, 3.63) is 59.2 Å². The molecule has 1 heterocycles. The molecule has 0 spiro atoms. The van der Waals surface area contributed by atoms with E-state index in [1.165, 1.54) is 21.6 Å². The quantitative estimate of drug-likeness (QED) is 0.797. The van der Waals surface area contributed by atoms with Gasteiger partial charge in [0.2, 0.25) is 0 Å². The number of aliphatic imine (C=N–C) groups is 1. The van der Waals surface area contributed by atoms with Crippen LogP contribution in [0.2, 0.25) is 0 Å². The molecule has 1 N–H and O–H groups in total. The summed E-state index contributed by atoms with van der Waals surface area (Å²) in [7, 11) is 1.72. The SMILES string of the molecule is CCc1ccc(OC)cc1SCc1ccccc1C1=NCCCN1. The molecular weight excluding hydrogens is 316 g/mol. The molecule has 126 valence electrons. The van der Waals surface area contributed by atoms with Crippen LogP contribution in [0.3, 0.4) is 0 Å². The Morgan fingerprint density at radius 3 is 2.79 bits per heavy atom. The molecule has 0 saturated heterocycles. The summed E-state index contributed by atoms with van der Waals surface area (Å²) in [6.45, 7) is 4.12. The number of hydrogen-bond donors (Lipinski definition) is 1. The second-order valence-corrected chi connectivity index (χ2v) is 6.80. The minimum atomic E-state index is 0.916. The Balaban J connectivity index is 1.81. The highest BCUT2D eigenvalue weighted by atomic mass is 32.2. The van der Waals surface area contributed by atoms with Crippen molar-refractivity contribution in [1.82, 2.24) is 5.32 Å². The van der Waals surface area contributed by atoms with Crippen LogP contribution in [0.1, 0.15) is 30.0 Å². The van der Waals surface area contributed by atoms with Gasteiger partial charge >= 0.3 is 0 Å². The van der Waals surface area contributed by atoms with Gasteiger partial charge in [-0.05, 0) is 36.1 Å². The van der Waals surface area contributed by atoms with Crippen molar-refractivity contribution >= 4 is 17.6 Å². The molecule has 4 heteroatoms. The molecule has 0 aliphatic carbocycles. The van der Waals surface area contributed by atoms with Crippen molar-refractivity contribution < 1.29 is 4.74 Å². The van der Waals surface area contributed by atoms with Gasteiger partial charge in [0, 0.05) is 29.3 Å². The summed E-state index contributed by atoms with van der Waals surface area (Å²) in [6.07, 6.45) is 2.15. The maximum Gasteiger partial charge on any atom is 0.128 e. The summed E-state index contributed by atoms with van der Waals surface area (Å²) in [4.78, 5) is 5.95. The fourth-order valence-electron chi connectivity index (χ4n) is 2.83. The van der Waals surface area contributed by atoms with Crippen LogP contribution in [0.15, 0.2) is 52.4 Å². The number of rotatable bonds is 6. The molecule has 1 aliphatic heterocycles. The highest BCUT2D eigenvalue weighted by Gasteiger charge is 2.12. The summed E-state index contributed by atoms with van der Waals surface area (Å²) in [5.74, 6) is 2.89. The number of benzene rings is 2. The number of amidine groups is 1. The minimum Gasteiger partial charge on any atom is -0.497 e. The standard InChI is InChI=1S/C20H24N2OS/c1-3-15-9-10-17(23-2)13-19(15)24-14-16-7-4-5-8-18(16)20-21-11-6-12-22-20/h4-5,7-10,13H,3,6,11-12,14H2,1-2H3,(H,21,22). The fourth-order valence-corrected chi connectivity index (χ4v) is 3.99. The average Bonchev–Trinajstić information content (AvgIpc) is 2.67. The smallest absolute Gasteiger partial charge is 0.128 e. The second-order valence-electron chi connectivity index (χ2n) is 5.78. The van der Waals surface area contributed by atoms with Crippen LogP contribution in [0.4, 0.5) is 0 Å². The third-order valence-corrected chi connectivity index (χ3v) is 5.35. The minimum absolute atomic E-state index is 0.916. The van der Waals surface area contributed by atoms with E-state index >= 15 is 0 Å². The summed E-state index contributed by atoms with van der Waals surface area (Å²) in [6, 6.07) is 14.9. The molecule has 3 nitrogen and oxygen atoms in total. The van der Waals surface area contributed by atoms with E-state index in [0.29, 0.717) is 0 Å². The van der Waals surface area contributed by atoms with Gasteiger partial charge in [-0.25, -0.2) is 0 Å². The Kier molecular flexibility index (Phi) is 5.81. The lowest BCUT2D eigenvalue weighted by Crippen LogP contribution is -2.30.